The number of nitrogens with zero attached hydrogens (tertiary/aromatic N) is 1. The van der Waals surface area contributed by atoms with Crippen LogP contribution in [0.25, 0.3) is 22.7 Å². The van der Waals surface area contributed by atoms with E-state index >= 15 is 0 Å². The molecule has 1 amide bonds. The highest BCUT2D eigenvalue weighted by molar-refractivity contribution is 6.23. The molecule has 2 N–H and O–H groups in total. The van der Waals surface area contributed by atoms with Crippen molar-refractivity contribution in [2.75, 3.05) is 14.2 Å². The van der Waals surface area contributed by atoms with Crippen molar-refractivity contribution in [3.63, 3.8) is 0 Å². The minimum atomic E-state index is -0.224. The van der Waals surface area contributed by atoms with E-state index in [-0.39, 0.29) is 5.91 Å². The van der Waals surface area contributed by atoms with E-state index in [4.69, 9.17) is 9.47 Å². The summed E-state index contributed by atoms with van der Waals surface area (Å²) in [7, 11) is 3.17. The number of imidazole rings is 1. The van der Waals surface area contributed by atoms with Crippen LogP contribution in [0.5, 0.6) is 11.5 Å². The van der Waals surface area contributed by atoms with Crippen LogP contribution >= 0.6 is 0 Å². The van der Waals surface area contributed by atoms with Crippen LogP contribution in [0.4, 0.5) is 0 Å². The van der Waals surface area contributed by atoms with E-state index in [0.29, 0.717) is 29.4 Å². The number of methoxy groups -OCH3 is 2. The smallest absolute Gasteiger partial charge is 0.255 e. The van der Waals surface area contributed by atoms with Crippen LogP contribution in [0.1, 0.15) is 17.0 Å². The van der Waals surface area contributed by atoms with E-state index in [1.165, 1.54) is 0 Å². The molecule has 6 heteroatoms. The maximum Gasteiger partial charge on any atom is 0.255 e. The van der Waals surface area contributed by atoms with Gasteiger partial charge in [0, 0.05) is 6.54 Å². The molecule has 1 heterocycles. The molecule has 0 fully saturated rings. The molecule has 0 saturated carbocycles. The summed E-state index contributed by atoms with van der Waals surface area (Å²) in [6.07, 6.45) is 1.79. The van der Waals surface area contributed by atoms with E-state index in [0.717, 1.165) is 22.2 Å². The molecule has 3 aromatic carbocycles. The lowest BCUT2D eigenvalue weighted by Crippen LogP contribution is -2.24. The fourth-order valence-corrected chi connectivity index (χ4v) is 3.30. The molecule has 156 valence electrons. The molecule has 0 unspecified atom stereocenters. The number of aromatic amines is 1. The lowest BCUT2D eigenvalue weighted by molar-refractivity contribution is -0.115. The predicted octanol–water partition coefficient (Wildman–Crippen LogP) is 4.44. The maximum atomic E-state index is 13.2. The Morgan fingerprint density at radius 1 is 0.968 bits per heavy atom. The second kappa shape index (κ2) is 9.17. The zero-order valence-electron chi connectivity index (χ0n) is 17.4. The molecule has 0 saturated heterocycles. The van der Waals surface area contributed by atoms with Gasteiger partial charge in [-0.2, -0.15) is 0 Å². The first-order valence-electron chi connectivity index (χ1n) is 9.89. The van der Waals surface area contributed by atoms with Gasteiger partial charge in [-0.3, -0.25) is 4.79 Å². The molecule has 0 aliphatic carbocycles. The molecule has 0 spiro atoms. The summed E-state index contributed by atoms with van der Waals surface area (Å²) in [4.78, 5) is 21.1. The Labute approximate surface area is 180 Å². The number of nitrogens with one attached hydrogen (secondary N) is 2. The number of carbonyl (C=O) groups excluding carboxylic acids is 1. The van der Waals surface area contributed by atoms with Crippen LogP contribution in [-0.4, -0.2) is 30.1 Å². The van der Waals surface area contributed by atoms with Gasteiger partial charge >= 0.3 is 0 Å². The summed E-state index contributed by atoms with van der Waals surface area (Å²) in [6, 6.07) is 23.0. The van der Waals surface area contributed by atoms with Crippen LogP contribution in [0, 0.1) is 0 Å². The second-order valence-electron chi connectivity index (χ2n) is 6.94. The quantitative estimate of drug-likeness (QED) is 0.439. The fraction of sp³-hybridized carbons (Fsp3) is 0.120. The van der Waals surface area contributed by atoms with Crippen LogP contribution in [-0.2, 0) is 11.3 Å². The topological polar surface area (TPSA) is 76.2 Å². The van der Waals surface area contributed by atoms with E-state index < -0.39 is 0 Å². The first-order chi connectivity index (χ1) is 15.2. The van der Waals surface area contributed by atoms with Gasteiger partial charge in [0.2, 0.25) is 0 Å². The largest absolute Gasteiger partial charge is 0.493 e. The highest BCUT2D eigenvalue weighted by Gasteiger charge is 2.17. The van der Waals surface area contributed by atoms with Gasteiger partial charge in [0.15, 0.2) is 11.5 Å². The van der Waals surface area contributed by atoms with Gasteiger partial charge in [-0.05, 0) is 41.5 Å². The third kappa shape index (κ3) is 4.59. The third-order valence-electron chi connectivity index (χ3n) is 4.90. The summed E-state index contributed by atoms with van der Waals surface area (Å²) >= 11 is 0. The standard InChI is InChI=1S/C25H23N3O3/c1-30-22-13-12-18(15-23(22)31-2)14-19(24-27-20-10-6-7-11-21(20)28-24)25(29)26-16-17-8-4-3-5-9-17/h3-15H,16H2,1-2H3,(H,26,29)(H,27,28)/b19-14+. The van der Waals surface area contributed by atoms with Crippen LogP contribution in [0.2, 0.25) is 0 Å². The lowest BCUT2D eigenvalue weighted by atomic mass is 10.1. The number of fused-ring (bicyclic) bond motifs is 1. The van der Waals surface area contributed by atoms with E-state index in [1.807, 2.05) is 72.8 Å². The molecule has 4 aromatic rings. The molecule has 0 radical (unpaired) electrons. The Kier molecular flexibility index (Phi) is 5.98. The van der Waals surface area contributed by atoms with Gasteiger partial charge in [0.25, 0.3) is 5.91 Å². The number of aromatic nitrogens is 2. The molecule has 0 atom stereocenters. The van der Waals surface area contributed by atoms with Crippen molar-refractivity contribution >= 4 is 28.6 Å². The maximum absolute atomic E-state index is 13.2. The summed E-state index contributed by atoms with van der Waals surface area (Å²) < 4.78 is 10.7. The average Bonchev–Trinajstić information content (AvgIpc) is 3.25. The molecular formula is C25H23N3O3. The number of para-hydroxylation sites is 2. The van der Waals surface area contributed by atoms with Crippen molar-refractivity contribution in [1.29, 1.82) is 0 Å². The zero-order chi connectivity index (χ0) is 21.6. The van der Waals surface area contributed by atoms with E-state index in [9.17, 15) is 4.79 Å². The highest BCUT2D eigenvalue weighted by Crippen LogP contribution is 2.29. The van der Waals surface area contributed by atoms with Gasteiger partial charge in [-0.1, -0.05) is 48.5 Å². The number of H-pyrrole nitrogens is 1. The number of benzene rings is 3. The Bertz CT molecular complexity index is 1200. The minimum absolute atomic E-state index is 0.224. The molecule has 6 nitrogen and oxygen atoms in total. The fourth-order valence-electron chi connectivity index (χ4n) is 3.30. The molecule has 0 bridgehead atoms. The number of hydrogen-bond acceptors (Lipinski definition) is 4. The number of carbonyl (C=O) groups is 1. The Hall–Kier alpha value is -4.06. The van der Waals surface area contributed by atoms with Gasteiger partial charge in [0.1, 0.15) is 5.82 Å². The monoisotopic (exact) mass is 413 g/mol. The summed E-state index contributed by atoms with van der Waals surface area (Å²) in [5, 5.41) is 2.99. The van der Waals surface area contributed by atoms with Crippen LogP contribution in [0.15, 0.2) is 72.8 Å². The van der Waals surface area contributed by atoms with Gasteiger partial charge in [0.05, 0.1) is 30.8 Å². The Morgan fingerprint density at radius 2 is 1.71 bits per heavy atom. The van der Waals surface area contributed by atoms with E-state index in [2.05, 4.69) is 15.3 Å². The molecular weight excluding hydrogens is 390 g/mol. The third-order valence-corrected chi connectivity index (χ3v) is 4.90. The van der Waals surface area contributed by atoms with Crippen molar-refractivity contribution in [2.24, 2.45) is 0 Å². The van der Waals surface area contributed by atoms with Gasteiger partial charge < -0.3 is 19.8 Å². The highest BCUT2D eigenvalue weighted by atomic mass is 16.5. The normalized spacial score (nSPS) is 11.4. The summed E-state index contributed by atoms with van der Waals surface area (Å²) in [5.74, 6) is 1.49. The van der Waals surface area contributed by atoms with Crippen molar-refractivity contribution in [1.82, 2.24) is 15.3 Å². The number of hydrogen-bond donors (Lipinski definition) is 2. The minimum Gasteiger partial charge on any atom is -0.493 e. The van der Waals surface area contributed by atoms with Gasteiger partial charge in [-0.25, -0.2) is 4.98 Å². The zero-order valence-corrected chi connectivity index (χ0v) is 17.4. The summed E-state index contributed by atoms with van der Waals surface area (Å²) in [5.41, 5.74) is 3.91. The van der Waals surface area contributed by atoms with Crippen LogP contribution < -0.4 is 14.8 Å². The van der Waals surface area contributed by atoms with Crippen molar-refractivity contribution in [2.45, 2.75) is 6.54 Å². The molecule has 0 aliphatic heterocycles. The number of amides is 1. The Balaban J connectivity index is 1.71. The van der Waals surface area contributed by atoms with Crippen LogP contribution in [0.3, 0.4) is 0 Å². The molecule has 1 aromatic heterocycles. The molecule has 0 aliphatic rings. The lowest BCUT2D eigenvalue weighted by Gasteiger charge is -2.10. The summed E-state index contributed by atoms with van der Waals surface area (Å²) in [6.45, 7) is 0.420. The van der Waals surface area contributed by atoms with Crippen molar-refractivity contribution in [3.05, 3.63) is 89.7 Å². The molecule has 31 heavy (non-hydrogen) atoms. The van der Waals surface area contributed by atoms with Crippen molar-refractivity contribution in [3.8, 4) is 11.5 Å². The second-order valence-corrected chi connectivity index (χ2v) is 6.94. The van der Waals surface area contributed by atoms with E-state index in [1.54, 1.807) is 20.3 Å². The van der Waals surface area contributed by atoms with Crippen molar-refractivity contribution < 1.29 is 14.3 Å². The SMILES string of the molecule is COc1ccc(/C=C(/C(=O)NCc2ccccc2)c2nc3ccccc3[nH]2)cc1OC. The van der Waals surface area contributed by atoms with Gasteiger partial charge in [-0.15, -0.1) is 0 Å². The number of rotatable bonds is 7. The molecule has 4 rings (SSSR count). The Morgan fingerprint density at radius 3 is 2.45 bits per heavy atom. The average molecular weight is 413 g/mol. The predicted molar refractivity (Wildman–Crippen MR) is 122 cm³/mol. The first kappa shape index (κ1) is 20.2. The first-order valence-corrected chi connectivity index (χ1v) is 9.89. The number of ether oxygens (including phenoxy) is 2.